The van der Waals surface area contributed by atoms with Gasteiger partial charge in [-0.05, 0) is 23.6 Å². The molecule has 4 aromatic heterocycles. The summed E-state index contributed by atoms with van der Waals surface area (Å²) in [4.78, 5) is 46.0. The second kappa shape index (κ2) is 11.1. The molecule has 236 valence electrons. The highest BCUT2D eigenvalue weighted by Gasteiger charge is 2.53. The molecule has 0 spiro atoms. The van der Waals surface area contributed by atoms with Crippen molar-refractivity contribution in [1.82, 2.24) is 39.0 Å². The molecule has 4 aromatic rings. The number of fused-ring (bicyclic) bond motifs is 4. The highest BCUT2D eigenvalue weighted by Crippen LogP contribution is 2.54. The van der Waals surface area contributed by atoms with Crippen molar-refractivity contribution in [2.24, 2.45) is 0 Å². The Morgan fingerprint density at radius 2 is 1.14 bits per heavy atom. The first-order valence-electron chi connectivity index (χ1n) is 12.7. The van der Waals surface area contributed by atoms with Gasteiger partial charge >= 0.3 is 13.4 Å². The molecule has 24 heteroatoms. The van der Waals surface area contributed by atoms with Crippen molar-refractivity contribution in [3.63, 3.8) is 0 Å². The summed E-state index contributed by atoms with van der Waals surface area (Å²) in [5, 5.41) is 0. The van der Waals surface area contributed by atoms with Crippen molar-refractivity contribution in [2.45, 2.75) is 49.2 Å². The standard InChI is InChI=1S/C20H22F2N10O8P2S2/c21-9-13-7(37-19(9)31-5-29-11-15(23)25-3-27-17(11)31)1-35-41(33,43)40-14-8(2-36-42(34,44)39-13)38-20(10(14)22)32-6-30-12-16(24)26-4-28-18(12)32/h3-10,13-14,19-20H,1-2H2,(H,33,43)(H,34,44)(H2,23,25,27)(H2,24,26,28)/t7-,8-,9+,10+,13-,14-,19-,20-,41?,42?/m1/s1. The molecule has 3 aliphatic heterocycles. The SMILES string of the molecule is Nc1ncnc2c1ncn2[C@@H]1O[C@@H]2COP(O)(=S)O[C@H]3[C@H](F)[C@H](n4cnc5c(N)ncnc54)O[C@@H]3COP(O)(=S)O[C@H]2[C@@H]1F. The molecule has 3 aliphatic rings. The van der Waals surface area contributed by atoms with Crippen LogP contribution in [-0.4, -0.2) is 98.8 Å². The van der Waals surface area contributed by atoms with Crippen LogP contribution in [0.1, 0.15) is 12.5 Å². The summed E-state index contributed by atoms with van der Waals surface area (Å²) in [6, 6.07) is 0. The van der Waals surface area contributed by atoms with Crippen molar-refractivity contribution in [2.75, 3.05) is 24.7 Å². The van der Waals surface area contributed by atoms with Gasteiger partial charge in [0.15, 0.2) is 47.7 Å². The molecule has 3 saturated heterocycles. The van der Waals surface area contributed by atoms with E-state index in [0.717, 1.165) is 0 Å². The summed E-state index contributed by atoms with van der Waals surface area (Å²) >= 11 is 10.3. The Labute approximate surface area is 255 Å². The number of ether oxygens (including phenoxy) is 2. The Kier molecular flexibility index (Phi) is 7.63. The lowest BCUT2D eigenvalue weighted by Crippen LogP contribution is -2.37. The Bertz CT molecular complexity index is 1710. The van der Waals surface area contributed by atoms with E-state index in [-0.39, 0.29) is 34.0 Å². The van der Waals surface area contributed by atoms with E-state index in [1.165, 1.54) is 34.4 Å². The van der Waals surface area contributed by atoms with Gasteiger partial charge < -0.3 is 39.8 Å². The number of anilines is 2. The molecule has 2 unspecified atom stereocenters. The highest BCUT2D eigenvalue weighted by molar-refractivity contribution is 8.07. The molecule has 0 radical (unpaired) electrons. The van der Waals surface area contributed by atoms with E-state index in [4.69, 9.17) is 62.6 Å². The lowest BCUT2D eigenvalue weighted by Gasteiger charge is -2.29. The minimum atomic E-state index is -4.24. The number of rotatable bonds is 2. The van der Waals surface area contributed by atoms with E-state index in [1.54, 1.807) is 0 Å². The van der Waals surface area contributed by atoms with Gasteiger partial charge in [0.2, 0.25) is 0 Å². The van der Waals surface area contributed by atoms with Gasteiger partial charge in [0.1, 0.15) is 48.1 Å². The maximum absolute atomic E-state index is 16.0. The lowest BCUT2D eigenvalue weighted by molar-refractivity contribution is -0.0583. The molecule has 0 aliphatic carbocycles. The van der Waals surface area contributed by atoms with Crippen LogP contribution in [0, 0.1) is 0 Å². The second-order valence-corrected chi connectivity index (χ2v) is 15.4. The molecule has 3 fully saturated rings. The predicted octanol–water partition coefficient (Wildman–Crippen LogP) is 0.552. The molecule has 0 saturated carbocycles. The average molecular weight is 695 g/mol. The number of halogens is 2. The molecular weight excluding hydrogens is 672 g/mol. The van der Waals surface area contributed by atoms with Gasteiger partial charge in [-0.1, -0.05) is 0 Å². The third-order valence-corrected chi connectivity index (χ3v) is 10.3. The van der Waals surface area contributed by atoms with Gasteiger partial charge in [-0.25, -0.2) is 38.7 Å². The summed E-state index contributed by atoms with van der Waals surface area (Å²) in [6.45, 7) is -9.68. The maximum atomic E-state index is 16.0. The summed E-state index contributed by atoms with van der Waals surface area (Å²) in [7, 11) is 0. The number of aromatic nitrogens is 8. The number of nitrogen functional groups attached to an aromatic ring is 2. The number of nitrogens with zero attached hydrogens (tertiary/aromatic N) is 8. The molecular formula is C20H22F2N10O8P2S2. The van der Waals surface area contributed by atoms with Crippen LogP contribution in [-0.2, 0) is 51.2 Å². The third kappa shape index (κ3) is 5.27. The van der Waals surface area contributed by atoms with Crippen molar-refractivity contribution < 1.29 is 46.1 Å². The first-order valence-corrected chi connectivity index (χ1v) is 17.9. The largest absolute Gasteiger partial charge is 0.382 e. The van der Waals surface area contributed by atoms with E-state index in [0.29, 0.717) is 0 Å². The van der Waals surface area contributed by atoms with E-state index in [1.807, 2.05) is 0 Å². The van der Waals surface area contributed by atoms with E-state index in [9.17, 15) is 9.79 Å². The number of hydrogen-bond acceptors (Lipinski definition) is 16. The quantitative estimate of drug-likeness (QED) is 0.210. The first-order chi connectivity index (χ1) is 20.9. The summed E-state index contributed by atoms with van der Waals surface area (Å²) in [5.41, 5.74) is 12.4. The van der Waals surface area contributed by atoms with Crippen LogP contribution in [0.3, 0.4) is 0 Å². The molecule has 18 nitrogen and oxygen atoms in total. The molecule has 6 N–H and O–H groups in total. The zero-order valence-corrected chi connectivity index (χ0v) is 25.3. The van der Waals surface area contributed by atoms with Gasteiger partial charge in [0.25, 0.3) is 0 Å². The Balaban J connectivity index is 1.17. The molecule has 0 amide bonds. The second-order valence-electron chi connectivity index (χ2n) is 9.85. The van der Waals surface area contributed by atoms with Crippen LogP contribution >= 0.6 is 13.4 Å². The number of alkyl halides is 2. The number of hydrogen-bond donors (Lipinski definition) is 4. The number of nitrogens with two attached hydrogens (primary N) is 2. The van der Waals surface area contributed by atoms with E-state index >= 15 is 8.78 Å². The third-order valence-electron chi connectivity index (χ3n) is 7.17. The molecule has 0 bridgehead atoms. The van der Waals surface area contributed by atoms with Gasteiger partial charge in [-0.3, -0.25) is 18.2 Å². The average Bonchev–Trinajstić information content (AvgIpc) is 3.73. The Hall–Kier alpha value is -2.46. The van der Waals surface area contributed by atoms with Crippen molar-refractivity contribution in [3.05, 3.63) is 25.3 Å². The predicted molar refractivity (Wildman–Crippen MR) is 152 cm³/mol. The van der Waals surface area contributed by atoms with Crippen LogP contribution in [0.15, 0.2) is 25.3 Å². The highest BCUT2D eigenvalue weighted by atomic mass is 32.5. The van der Waals surface area contributed by atoms with Crippen LogP contribution in [0.2, 0.25) is 0 Å². The number of imidazole rings is 2. The van der Waals surface area contributed by atoms with Gasteiger partial charge in [-0.15, -0.1) is 0 Å². The zero-order valence-electron chi connectivity index (χ0n) is 21.9. The van der Waals surface area contributed by atoms with Gasteiger partial charge in [0, 0.05) is 0 Å². The van der Waals surface area contributed by atoms with E-state index < -0.39 is 75.9 Å². The zero-order chi connectivity index (χ0) is 31.0. The minimum Gasteiger partial charge on any atom is -0.382 e. The smallest absolute Gasteiger partial charge is 0.325 e. The van der Waals surface area contributed by atoms with Crippen LogP contribution in [0.25, 0.3) is 22.3 Å². The monoisotopic (exact) mass is 694 g/mol. The van der Waals surface area contributed by atoms with Gasteiger partial charge in [0.05, 0.1) is 25.9 Å². The van der Waals surface area contributed by atoms with Crippen LogP contribution in [0.5, 0.6) is 0 Å². The normalized spacial score (nSPS) is 38.3. The maximum Gasteiger partial charge on any atom is 0.325 e. The minimum absolute atomic E-state index is 0.0606. The first kappa shape index (κ1) is 30.2. The Morgan fingerprint density at radius 1 is 0.727 bits per heavy atom. The molecule has 7 heterocycles. The molecule has 10 atom stereocenters. The van der Waals surface area contributed by atoms with Crippen LogP contribution < -0.4 is 11.5 Å². The lowest BCUT2D eigenvalue weighted by atomic mass is 10.1. The fourth-order valence-electron chi connectivity index (χ4n) is 5.17. The van der Waals surface area contributed by atoms with Crippen LogP contribution in [0.4, 0.5) is 20.4 Å². The molecule has 0 aromatic carbocycles. The summed E-state index contributed by atoms with van der Waals surface area (Å²) in [6.07, 6.45) is -7.76. The topological polar surface area (TPSA) is 235 Å². The molecule has 44 heavy (non-hydrogen) atoms. The Morgan fingerprint density at radius 3 is 1.55 bits per heavy atom. The van der Waals surface area contributed by atoms with Crippen molar-refractivity contribution >= 4 is 71.0 Å². The molecule has 7 rings (SSSR count). The summed E-state index contributed by atoms with van der Waals surface area (Å²) < 4.78 is 68.3. The van der Waals surface area contributed by atoms with E-state index in [2.05, 4.69) is 29.9 Å². The van der Waals surface area contributed by atoms with Crippen molar-refractivity contribution in [1.29, 1.82) is 0 Å². The summed E-state index contributed by atoms with van der Waals surface area (Å²) in [5.74, 6) is 0.121. The fourth-order valence-corrected chi connectivity index (χ4v) is 8.05. The fraction of sp³-hybridized carbons (Fsp3) is 0.500. The van der Waals surface area contributed by atoms with Crippen molar-refractivity contribution in [3.8, 4) is 0 Å². The van der Waals surface area contributed by atoms with Gasteiger partial charge in [-0.2, -0.15) is 0 Å².